The highest BCUT2D eigenvalue weighted by Crippen LogP contribution is 2.08. The van der Waals surface area contributed by atoms with E-state index in [0.717, 1.165) is 0 Å². The van der Waals surface area contributed by atoms with Crippen LogP contribution in [0.2, 0.25) is 0 Å². The molecule has 1 unspecified atom stereocenters. The zero-order valence-electron chi connectivity index (χ0n) is 8.52. The number of aryl methyl sites for hydroxylation is 1. The van der Waals surface area contributed by atoms with Crippen molar-refractivity contribution in [2.75, 3.05) is 0 Å². The molecule has 82 valence electrons. The van der Waals surface area contributed by atoms with E-state index in [4.69, 9.17) is 15.4 Å². The number of nitrogens with zero attached hydrogens (tertiary/aromatic N) is 1. The summed E-state index contributed by atoms with van der Waals surface area (Å²) in [5, 5.41) is 13.8. The van der Waals surface area contributed by atoms with Crippen LogP contribution in [0.4, 0.5) is 0 Å². The van der Waals surface area contributed by atoms with Gasteiger partial charge in [0.2, 0.25) is 0 Å². The predicted molar refractivity (Wildman–Crippen MR) is 53.8 cm³/mol. The fraction of sp³-hybridized carbons (Fsp3) is 0.333. The van der Waals surface area contributed by atoms with E-state index in [0.29, 0.717) is 11.3 Å². The molecule has 1 heterocycles. The number of amidine groups is 1. The van der Waals surface area contributed by atoms with Gasteiger partial charge in [0.05, 0.1) is 17.9 Å². The van der Waals surface area contributed by atoms with Gasteiger partial charge in [0.25, 0.3) is 5.91 Å². The van der Waals surface area contributed by atoms with Crippen LogP contribution in [0.1, 0.15) is 23.0 Å². The molecule has 0 saturated heterocycles. The van der Waals surface area contributed by atoms with Gasteiger partial charge in [0.1, 0.15) is 5.76 Å². The van der Waals surface area contributed by atoms with Crippen LogP contribution < -0.4 is 11.1 Å². The molecule has 6 heteroatoms. The Morgan fingerprint density at radius 2 is 2.40 bits per heavy atom. The molecule has 1 aromatic rings. The third kappa shape index (κ3) is 2.49. The standard InChI is InChI=1S/C9H13N3O3/c1-5(8(10)12-14)11-9(13)7-3-4-15-6(7)2/h3-5,14H,1-2H3,(H2,10,12)(H,11,13). The zero-order chi connectivity index (χ0) is 11.4. The van der Waals surface area contributed by atoms with Crippen LogP contribution in [-0.4, -0.2) is 23.0 Å². The smallest absolute Gasteiger partial charge is 0.255 e. The fourth-order valence-corrected chi connectivity index (χ4v) is 1.06. The highest BCUT2D eigenvalue weighted by atomic mass is 16.4. The summed E-state index contributed by atoms with van der Waals surface area (Å²) < 4.78 is 4.98. The Hall–Kier alpha value is -1.98. The van der Waals surface area contributed by atoms with Crippen LogP contribution in [0.25, 0.3) is 0 Å². The summed E-state index contributed by atoms with van der Waals surface area (Å²) in [7, 11) is 0. The van der Waals surface area contributed by atoms with E-state index in [9.17, 15) is 4.79 Å². The van der Waals surface area contributed by atoms with E-state index in [-0.39, 0.29) is 11.7 Å². The number of furan rings is 1. The Morgan fingerprint density at radius 1 is 1.73 bits per heavy atom. The molecule has 1 aromatic heterocycles. The second-order valence-corrected chi connectivity index (χ2v) is 3.11. The lowest BCUT2D eigenvalue weighted by molar-refractivity contribution is 0.0947. The first kappa shape index (κ1) is 11.1. The first-order valence-electron chi connectivity index (χ1n) is 4.38. The van der Waals surface area contributed by atoms with E-state index < -0.39 is 6.04 Å². The highest BCUT2D eigenvalue weighted by molar-refractivity contribution is 5.98. The third-order valence-electron chi connectivity index (χ3n) is 2.01. The summed E-state index contributed by atoms with van der Waals surface area (Å²) in [5.74, 6) is 0.157. The van der Waals surface area contributed by atoms with Crippen molar-refractivity contribution in [3.8, 4) is 0 Å². The summed E-state index contributed by atoms with van der Waals surface area (Å²) in [4.78, 5) is 11.6. The van der Waals surface area contributed by atoms with Gasteiger partial charge in [-0.3, -0.25) is 4.79 Å². The number of carbonyl (C=O) groups excluding carboxylic acids is 1. The predicted octanol–water partition coefficient (Wildman–Crippen LogP) is 0.453. The summed E-state index contributed by atoms with van der Waals surface area (Å²) in [6.45, 7) is 3.30. The first-order chi connectivity index (χ1) is 7.06. The number of nitrogens with one attached hydrogen (secondary N) is 1. The highest BCUT2D eigenvalue weighted by Gasteiger charge is 2.15. The molecule has 0 radical (unpaired) electrons. The van der Waals surface area contributed by atoms with E-state index >= 15 is 0 Å². The van der Waals surface area contributed by atoms with Crippen LogP contribution >= 0.6 is 0 Å². The van der Waals surface area contributed by atoms with Crippen molar-refractivity contribution in [1.82, 2.24) is 5.32 Å². The lowest BCUT2D eigenvalue weighted by Gasteiger charge is -2.11. The molecule has 1 rings (SSSR count). The van der Waals surface area contributed by atoms with Crippen LogP contribution in [-0.2, 0) is 0 Å². The maximum atomic E-state index is 11.6. The van der Waals surface area contributed by atoms with Crippen molar-refractivity contribution >= 4 is 11.7 Å². The summed E-state index contributed by atoms with van der Waals surface area (Å²) in [5.41, 5.74) is 5.76. The van der Waals surface area contributed by atoms with Crippen molar-refractivity contribution < 1.29 is 14.4 Å². The third-order valence-corrected chi connectivity index (χ3v) is 2.01. The quantitative estimate of drug-likeness (QED) is 0.292. The van der Waals surface area contributed by atoms with E-state index in [1.807, 2.05) is 0 Å². The average molecular weight is 211 g/mol. The molecular weight excluding hydrogens is 198 g/mol. The molecule has 0 bridgehead atoms. The van der Waals surface area contributed by atoms with Gasteiger partial charge in [-0.15, -0.1) is 0 Å². The molecule has 15 heavy (non-hydrogen) atoms. The maximum Gasteiger partial charge on any atom is 0.255 e. The van der Waals surface area contributed by atoms with Gasteiger partial charge in [0.15, 0.2) is 5.84 Å². The molecule has 0 spiro atoms. The Balaban J connectivity index is 2.69. The average Bonchev–Trinajstić information content (AvgIpc) is 2.63. The SMILES string of the molecule is Cc1occc1C(=O)NC(C)/C(N)=N/O. The molecule has 1 atom stereocenters. The second kappa shape index (κ2) is 4.50. The minimum atomic E-state index is -0.531. The Labute approximate surface area is 86.7 Å². The normalized spacial score (nSPS) is 13.6. The van der Waals surface area contributed by atoms with Crippen LogP contribution in [0.5, 0.6) is 0 Å². The largest absolute Gasteiger partial charge is 0.469 e. The number of hydrogen-bond donors (Lipinski definition) is 3. The molecule has 0 aromatic carbocycles. The minimum Gasteiger partial charge on any atom is -0.469 e. The van der Waals surface area contributed by atoms with Gasteiger partial charge in [-0.25, -0.2) is 0 Å². The van der Waals surface area contributed by atoms with Crippen molar-refractivity contribution in [2.24, 2.45) is 10.9 Å². The van der Waals surface area contributed by atoms with Crippen molar-refractivity contribution in [3.05, 3.63) is 23.7 Å². The van der Waals surface area contributed by atoms with Gasteiger partial charge in [-0.1, -0.05) is 5.16 Å². The topological polar surface area (TPSA) is 101 Å². The zero-order valence-corrected chi connectivity index (χ0v) is 8.52. The Morgan fingerprint density at radius 3 is 2.87 bits per heavy atom. The maximum absolute atomic E-state index is 11.6. The van der Waals surface area contributed by atoms with Gasteiger partial charge >= 0.3 is 0 Å². The molecule has 0 aliphatic rings. The van der Waals surface area contributed by atoms with Crippen molar-refractivity contribution in [1.29, 1.82) is 0 Å². The number of amides is 1. The van der Waals surface area contributed by atoms with Crippen molar-refractivity contribution in [3.63, 3.8) is 0 Å². The van der Waals surface area contributed by atoms with Gasteiger partial charge in [0, 0.05) is 0 Å². The molecule has 0 aliphatic carbocycles. The van der Waals surface area contributed by atoms with Crippen LogP contribution in [0, 0.1) is 6.92 Å². The molecule has 6 nitrogen and oxygen atoms in total. The van der Waals surface area contributed by atoms with E-state index in [1.165, 1.54) is 6.26 Å². The number of rotatable bonds is 3. The lowest BCUT2D eigenvalue weighted by atomic mass is 10.2. The molecule has 4 N–H and O–H groups in total. The fourth-order valence-electron chi connectivity index (χ4n) is 1.06. The molecule has 1 amide bonds. The molecule has 0 fully saturated rings. The Bertz CT molecular complexity index is 384. The van der Waals surface area contributed by atoms with Gasteiger partial charge < -0.3 is 20.7 Å². The minimum absolute atomic E-state index is 0.0514. The van der Waals surface area contributed by atoms with Gasteiger partial charge in [-0.05, 0) is 19.9 Å². The molecule has 0 aliphatic heterocycles. The number of carbonyl (C=O) groups is 1. The second-order valence-electron chi connectivity index (χ2n) is 3.11. The van der Waals surface area contributed by atoms with E-state index in [2.05, 4.69) is 10.5 Å². The lowest BCUT2D eigenvalue weighted by Crippen LogP contribution is -2.42. The summed E-state index contributed by atoms with van der Waals surface area (Å²) >= 11 is 0. The molecule has 0 saturated carbocycles. The van der Waals surface area contributed by atoms with E-state index in [1.54, 1.807) is 19.9 Å². The number of hydrogen-bond acceptors (Lipinski definition) is 4. The van der Waals surface area contributed by atoms with Crippen LogP contribution in [0.15, 0.2) is 21.9 Å². The van der Waals surface area contributed by atoms with Crippen molar-refractivity contribution in [2.45, 2.75) is 19.9 Å². The summed E-state index contributed by atoms with van der Waals surface area (Å²) in [6.07, 6.45) is 1.43. The number of oxime groups is 1. The first-order valence-corrected chi connectivity index (χ1v) is 4.38. The monoisotopic (exact) mass is 211 g/mol. The Kier molecular flexibility index (Phi) is 3.33. The number of nitrogens with two attached hydrogens (primary N) is 1. The van der Waals surface area contributed by atoms with Gasteiger partial charge in [-0.2, -0.15) is 0 Å². The van der Waals surface area contributed by atoms with Crippen LogP contribution in [0.3, 0.4) is 0 Å². The summed E-state index contributed by atoms with van der Waals surface area (Å²) in [6, 6.07) is 1.03. The molecular formula is C9H13N3O3.